The van der Waals surface area contributed by atoms with Crippen molar-refractivity contribution in [2.75, 3.05) is 12.3 Å². The van der Waals surface area contributed by atoms with Gasteiger partial charge in [0.15, 0.2) is 23.8 Å². The van der Waals surface area contributed by atoms with Crippen LogP contribution in [0.5, 0.6) is 0 Å². The molecule has 11 heteroatoms. The summed E-state index contributed by atoms with van der Waals surface area (Å²) in [5, 5.41) is 33.6. The van der Waals surface area contributed by atoms with Crippen LogP contribution in [0, 0.1) is 11.8 Å². The molecular weight excluding hydrogens is 416 g/mol. The number of rotatable bonds is 4. The Labute approximate surface area is 182 Å². The highest BCUT2D eigenvalue weighted by Gasteiger charge is 2.47. The minimum Gasteiger partial charge on any atom is -0.387 e. The van der Waals surface area contributed by atoms with Crippen molar-refractivity contribution in [3.8, 4) is 11.8 Å². The number of nitrogens with one attached hydrogen (secondary N) is 1. The van der Waals surface area contributed by atoms with Crippen molar-refractivity contribution in [2.24, 2.45) is 0 Å². The number of aliphatic hydroxyl groups is 3. The number of carbonyl (C=O) groups excluding carboxylic acids is 1. The largest absolute Gasteiger partial charge is 0.387 e. The van der Waals surface area contributed by atoms with Crippen molar-refractivity contribution in [3.05, 3.63) is 48.0 Å². The molecule has 166 valence electrons. The lowest BCUT2D eigenvalue weighted by Crippen LogP contribution is -2.42. The monoisotopic (exact) mass is 438 g/mol. The number of benzene rings is 1. The van der Waals surface area contributed by atoms with E-state index < -0.39 is 36.6 Å². The van der Waals surface area contributed by atoms with Gasteiger partial charge in [0.05, 0.1) is 6.33 Å². The third-order valence-electron chi connectivity index (χ3n) is 5.01. The highest BCUT2D eigenvalue weighted by atomic mass is 16.6. The summed E-state index contributed by atoms with van der Waals surface area (Å²) in [6.45, 7) is 2.08. The number of ether oxygens (including phenoxy) is 1. The van der Waals surface area contributed by atoms with Gasteiger partial charge in [-0.25, -0.2) is 15.0 Å². The van der Waals surface area contributed by atoms with Crippen LogP contribution in [0.4, 0.5) is 5.82 Å². The quantitative estimate of drug-likeness (QED) is 0.329. The molecule has 2 aromatic heterocycles. The summed E-state index contributed by atoms with van der Waals surface area (Å²) in [6, 6.07) is 8.88. The van der Waals surface area contributed by atoms with Crippen LogP contribution < -0.4 is 11.1 Å². The summed E-state index contributed by atoms with van der Waals surface area (Å²) in [6.07, 6.45) is -4.96. The van der Waals surface area contributed by atoms with E-state index in [-0.39, 0.29) is 22.8 Å². The van der Waals surface area contributed by atoms with Gasteiger partial charge in [-0.2, -0.15) is 0 Å². The Bertz CT molecular complexity index is 1190. The maximum atomic E-state index is 12.1. The molecule has 1 aliphatic heterocycles. The number of nitrogen functional groups attached to an aromatic ring is 1. The van der Waals surface area contributed by atoms with Crippen LogP contribution in [-0.4, -0.2) is 65.6 Å². The summed E-state index contributed by atoms with van der Waals surface area (Å²) in [4.78, 5) is 24.7. The normalized spacial score (nSPS) is 23.5. The average Bonchev–Trinajstić information content (AvgIpc) is 3.34. The lowest BCUT2D eigenvalue weighted by atomic mass is 10.1. The van der Waals surface area contributed by atoms with Crippen molar-refractivity contribution in [1.29, 1.82) is 0 Å². The Balaban J connectivity index is 1.66. The molecule has 0 spiro atoms. The molecule has 5 atom stereocenters. The van der Waals surface area contributed by atoms with Crippen molar-refractivity contribution in [3.63, 3.8) is 0 Å². The van der Waals surface area contributed by atoms with Crippen molar-refractivity contribution < 1.29 is 24.9 Å². The molecule has 1 aliphatic rings. The molecule has 0 bridgehead atoms. The Morgan fingerprint density at radius 2 is 2.03 bits per heavy atom. The average molecular weight is 438 g/mol. The van der Waals surface area contributed by atoms with E-state index in [2.05, 4.69) is 32.1 Å². The fourth-order valence-corrected chi connectivity index (χ4v) is 3.41. The van der Waals surface area contributed by atoms with Crippen LogP contribution in [0.3, 0.4) is 0 Å². The summed E-state index contributed by atoms with van der Waals surface area (Å²) < 4.78 is 6.98. The molecule has 1 unspecified atom stereocenters. The zero-order valence-corrected chi connectivity index (χ0v) is 17.1. The maximum Gasteiger partial charge on any atom is 0.252 e. The second-order valence-electron chi connectivity index (χ2n) is 7.16. The van der Waals surface area contributed by atoms with Crippen LogP contribution in [0.25, 0.3) is 11.2 Å². The van der Waals surface area contributed by atoms with Crippen LogP contribution in [0.2, 0.25) is 0 Å². The summed E-state index contributed by atoms with van der Waals surface area (Å²) in [5.41, 5.74) is 7.05. The highest BCUT2D eigenvalue weighted by Crippen LogP contribution is 2.32. The van der Waals surface area contributed by atoms with Crippen LogP contribution >= 0.6 is 0 Å². The SMILES string of the molecule is CCNC(=O)[C@H]1O[C@@H](n2cnc3c(N)nc(C#CC(O)c4ccccc4)nc32)[C@@H](O)[C@H]1O. The standard InChI is InChI=1S/C21H22N6O5/c1-2-23-20(31)17-15(29)16(30)21(32-17)27-10-24-14-18(22)25-13(26-19(14)27)9-8-12(28)11-6-4-3-5-7-11/h3-7,10,12,15-17,21,28-30H,2H2,1H3,(H,23,31)(H2,22,25,26)/t12?,15-,16+,17+,21-/m1/s1. The fraction of sp³-hybridized carbons (Fsp3) is 0.333. The van der Waals surface area contributed by atoms with Gasteiger partial charge in [0.2, 0.25) is 5.82 Å². The smallest absolute Gasteiger partial charge is 0.252 e. The van der Waals surface area contributed by atoms with Gasteiger partial charge >= 0.3 is 0 Å². The van der Waals surface area contributed by atoms with Gasteiger partial charge in [-0.15, -0.1) is 0 Å². The van der Waals surface area contributed by atoms with Gasteiger partial charge < -0.3 is 31.1 Å². The number of nitrogens with zero attached hydrogens (tertiary/aromatic N) is 4. The van der Waals surface area contributed by atoms with Crippen molar-refractivity contribution in [2.45, 2.75) is 37.6 Å². The minimum absolute atomic E-state index is 0.0278. The number of fused-ring (bicyclic) bond motifs is 1. The Hall–Kier alpha value is -3.56. The number of aromatic nitrogens is 4. The predicted octanol–water partition coefficient (Wildman–Crippen LogP) is -0.751. The third-order valence-corrected chi connectivity index (χ3v) is 5.01. The van der Waals surface area contributed by atoms with E-state index in [0.717, 1.165) is 0 Å². The van der Waals surface area contributed by atoms with E-state index in [1.807, 2.05) is 6.07 Å². The number of aliphatic hydroxyl groups excluding tert-OH is 3. The first-order valence-electron chi connectivity index (χ1n) is 9.94. The second-order valence-corrected chi connectivity index (χ2v) is 7.16. The highest BCUT2D eigenvalue weighted by molar-refractivity contribution is 5.83. The molecule has 32 heavy (non-hydrogen) atoms. The lowest BCUT2D eigenvalue weighted by molar-refractivity contribution is -0.137. The fourth-order valence-electron chi connectivity index (χ4n) is 3.41. The molecule has 3 heterocycles. The number of amides is 1. The molecule has 3 aromatic rings. The van der Waals surface area contributed by atoms with E-state index in [1.54, 1.807) is 31.2 Å². The van der Waals surface area contributed by atoms with E-state index in [4.69, 9.17) is 10.5 Å². The van der Waals surface area contributed by atoms with E-state index in [1.165, 1.54) is 10.9 Å². The Morgan fingerprint density at radius 3 is 2.75 bits per heavy atom. The zero-order valence-electron chi connectivity index (χ0n) is 17.1. The molecule has 1 amide bonds. The number of carbonyl (C=O) groups is 1. The number of likely N-dealkylation sites (N-methyl/N-ethyl adjacent to an activating group) is 1. The van der Waals surface area contributed by atoms with Gasteiger partial charge in [0, 0.05) is 6.54 Å². The number of anilines is 1. The lowest BCUT2D eigenvalue weighted by Gasteiger charge is -2.16. The van der Waals surface area contributed by atoms with Crippen LogP contribution in [0.1, 0.15) is 30.6 Å². The van der Waals surface area contributed by atoms with Gasteiger partial charge in [0.1, 0.15) is 23.8 Å². The van der Waals surface area contributed by atoms with E-state index >= 15 is 0 Å². The summed E-state index contributed by atoms with van der Waals surface area (Å²) in [7, 11) is 0. The van der Waals surface area contributed by atoms with Crippen molar-refractivity contribution in [1.82, 2.24) is 24.8 Å². The zero-order chi connectivity index (χ0) is 22.8. The third kappa shape index (κ3) is 4.00. The second kappa shape index (κ2) is 8.89. The van der Waals surface area contributed by atoms with Gasteiger partial charge in [0.25, 0.3) is 5.91 Å². The number of hydrogen-bond donors (Lipinski definition) is 5. The maximum absolute atomic E-state index is 12.1. The van der Waals surface area contributed by atoms with Gasteiger partial charge in [-0.05, 0) is 18.4 Å². The molecule has 0 radical (unpaired) electrons. The molecule has 1 aromatic carbocycles. The molecule has 11 nitrogen and oxygen atoms in total. The summed E-state index contributed by atoms with van der Waals surface area (Å²) in [5.74, 6) is 4.88. The number of imidazole rings is 1. The molecule has 6 N–H and O–H groups in total. The number of hydrogen-bond acceptors (Lipinski definition) is 9. The first-order chi connectivity index (χ1) is 15.4. The Kier molecular flexibility index (Phi) is 6.02. The molecule has 4 rings (SSSR count). The van der Waals surface area contributed by atoms with E-state index in [0.29, 0.717) is 12.1 Å². The molecule has 0 aliphatic carbocycles. The van der Waals surface area contributed by atoms with Gasteiger partial charge in [-0.3, -0.25) is 9.36 Å². The van der Waals surface area contributed by atoms with Crippen LogP contribution in [-0.2, 0) is 9.53 Å². The van der Waals surface area contributed by atoms with E-state index in [9.17, 15) is 20.1 Å². The van der Waals surface area contributed by atoms with Crippen molar-refractivity contribution >= 4 is 22.9 Å². The summed E-state index contributed by atoms with van der Waals surface area (Å²) >= 11 is 0. The number of nitrogens with two attached hydrogens (primary N) is 1. The van der Waals surface area contributed by atoms with Gasteiger partial charge in [-0.1, -0.05) is 36.3 Å². The predicted molar refractivity (Wildman–Crippen MR) is 113 cm³/mol. The molecule has 0 saturated carbocycles. The molecule has 1 saturated heterocycles. The topological polar surface area (TPSA) is 169 Å². The van der Waals surface area contributed by atoms with Crippen LogP contribution in [0.15, 0.2) is 36.7 Å². The first kappa shape index (κ1) is 21.7. The Morgan fingerprint density at radius 1 is 1.28 bits per heavy atom. The molecular formula is C21H22N6O5. The first-order valence-corrected chi connectivity index (χ1v) is 9.94. The molecule has 1 fully saturated rings. The minimum atomic E-state index is -1.44.